The fourth-order valence-corrected chi connectivity index (χ4v) is 1.61. The summed E-state index contributed by atoms with van der Waals surface area (Å²) >= 11 is 0. The summed E-state index contributed by atoms with van der Waals surface area (Å²) in [5.41, 5.74) is 6.85. The largest absolute Gasteiger partial charge is 0.495 e. The summed E-state index contributed by atoms with van der Waals surface area (Å²) in [6.07, 6.45) is -0.452. The highest BCUT2D eigenvalue weighted by Gasteiger charge is 2.15. The highest BCUT2D eigenvalue weighted by Crippen LogP contribution is 2.25. The molecule has 0 aliphatic carbocycles. The minimum atomic E-state index is -0.500. The van der Waals surface area contributed by atoms with Crippen LogP contribution in [0.4, 0.5) is 10.5 Å². The maximum Gasteiger partial charge on any atom is 0.407 e. The van der Waals surface area contributed by atoms with Crippen molar-refractivity contribution in [3.05, 3.63) is 23.8 Å². The minimum Gasteiger partial charge on any atom is -0.495 e. The van der Waals surface area contributed by atoms with Gasteiger partial charge in [0.25, 0.3) is 0 Å². The second kappa shape index (κ2) is 7.73. The molecular formula is C15H24N2O4. The molecule has 3 N–H and O–H groups in total. The van der Waals surface area contributed by atoms with Crippen molar-refractivity contribution in [1.82, 2.24) is 5.32 Å². The van der Waals surface area contributed by atoms with Gasteiger partial charge in [0.15, 0.2) is 0 Å². The Bertz CT molecular complexity index is 469. The number of hydrogen-bond donors (Lipinski definition) is 2. The van der Waals surface area contributed by atoms with Crippen molar-refractivity contribution in [2.75, 3.05) is 26.0 Å². The number of methoxy groups -OCH3 is 1. The van der Waals surface area contributed by atoms with Crippen LogP contribution in [0.1, 0.15) is 26.3 Å². The van der Waals surface area contributed by atoms with Crippen molar-refractivity contribution < 1.29 is 19.0 Å². The van der Waals surface area contributed by atoms with E-state index in [1.165, 1.54) is 0 Å². The molecule has 0 unspecified atom stereocenters. The lowest BCUT2D eigenvalue weighted by atomic mass is 10.2. The lowest BCUT2D eigenvalue weighted by Gasteiger charge is -2.19. The van der Waals surface area contributed by atoms with Gasteiger partial charge in [-0.1, -0.05) is 12.1 Å². The number of alkyl carbamates (subject to hydrolysis) is 1. The first-order valence-corrected chi connectivity index (χ1v) is 6.79. The van der Waals surface area contributed by atoms with E-state index in [-0.39, 0.29) is 0 Å². The molecule has 0 aliphatic rings. The molecular weight excluding hydrogens is 272 g/mol. The van der Waals surface area contributed by atoms with Crippen LogP contribution in [0.15, 0.2) is 18.2 Å². The Morgan fingerprint density at radius 2 is 2.05 bits per heavy atom. The molecule has 0 saturated carbocycles. The maximum atomic E-state index is 11.4. The van der Waals surface area contributed by atoms with Gasteiger partial charge in [-0.05, 0) is 26.8 Å². The topological polar surface area (TPSA) is 82.8 Å². The quantitative estimate of drug-likeness (QED) is 0.622. The van der Waals surface area contributed by atoms with Crippen molar-refractivity contribution in [2.24, 2.45) is 0 Å². The number of hydrogen-bond acceptors (Lipinski definition) is 5. The molecule has 0 spiro atoms. The van der Waals surface area contributed by atoms with Crippen LogP contribution in [-0.4, -0.2) is 32.0 Å². The van der Waals surface area contributed by atoms with E-state index in [1.807, 2.05) is 32.9 Å². The number of para-hydroxylation sites is 1. The van der Waals surface area contributed by atoms with Crippen LogP contribution in [0.5, 0.6) is 5.75 Å². The Labute approximate surface area is 125 Å². The Balaban J connectivity index is 2.28. The number of nitrogens with one attached hydrogen (secondary N) is 1. The summed E-state index contributed by atoms with van der Waals surface area (Å²) in [5, 5.41) is 2.62. The van der Waals surface area contributed by atoms with E-state index in [0.717, 1.165) is 5.56 Å². The molecule has 0 aliphatic heterocycles. The van der Waals surface area contributed by atoms with Crippen LogP contribution in [0, 0.1) is 0 Å². The molecule has 1 aromatic carbocycles. The summed E-state index contributed by atoms with van der Waals surface area (Å²) in [7, 11) is 1.57. The van der Waals surface area contributed by atoms with Crippen LogP contribution >= 0.6 is 0 Å². The lowest BCUT2D eigenvalue weighted by molar-refractivity contribution is 0.0494. The number of ether oxygens (including phenoxy) is 3. The van der Waals surface area contributed by atoms with Crippen molar-refractivity contribution in [3.63, 3.8) is 0 Å². The number of benzene rings is 1. The second-order valence-electron chi connectivity index (χ2n) is 5.51. The SMILES string of the molecule is COc1cccc(COCCNC(=O)OC(C)(C)C)c1N. The molecule has 118 valence electrons. The van der Waals surface area contributed by atoms with Gasteiger partial charge in [-0.2, -0.15) is 0 Å². The number of amides is 1. The van der Waals surface area contributed by atoms with Crippen molar-refractivity contribution in [2.45, 2.75) is 33.0 Å². The molecule has 1 rings (SSSR count). The van der Waals surface area contributed by atoms with Gasteiger partial charge in [-0.15, -0.1) is 0 Å². The summed E-state index contributed by atoms with van der Waals surface area (Å²) in [6, 6.07) is 5.52. The number of carbonyl (C=O) groups is 1. The number of carbonyl (C=O) groups excluding carboxylic acids is 1. The van der Waals surface area contributed by atoms with Crippen LogP contribution in [0.25, 0.3) is 0 Å². The molecule has 21 heavy (non-hydrogen) atoms. The second-order valence-corrected chi connectivity index (χ2v) is 5.51. The van der Waals surface area contributed by atoms with Crippen LogP contribution in [0.2, 0.25) is 0 Å². The van der Waals surface area contributed by atoms with E-state index in [2.05, 4.69) is 5.32 Å². The fraction of sp³-hybridized carbons (Fsp3) is 0.533. The third kappa shape index (κ3) is 6.35. The van der Waals surface area contributed by atoms with Gasteiger partial charge in [0.05, 0.1) is 26.0 Å². The first-order chi connectivity index (χ1) is 9.83. The monoisotopic (exact) mass is 296 g/mol. The van der Waals surface area contributed by atoms with Crippen molar-refractivity contribution in [1.29, 1.82) is 0 Å². The van der Waals surface area contributed by atoms with E-state index in [1.54, 1.807) is 13.2 Å². The number of rotatable bonds is 6. The van der Waals surface area contributed by atoms with Crippen molar-refractivity contribution in [3.8, 4) is 5.75 Å². The van der Waals surface area contributed by atoms with Crippen LogP contribution in [0.3, 0.4) is 0 Å². The number of anilines is 1. The Hall–Kier alpha value is -1.95. The average molecular weight is 296 g/mol. The summed E-state index contributed by atoms with van der Waals surface area (Å²) < 4.78 is 15.7. The van der Waals surface area contributed by atoms with Gasteiger partial charge in [-0.25, -0.2) is 4.79 Å². The maximum absolute atomic E-state index is 11.4. The predicted molar refractivity (Wildman–Crippen MR) is 81.3 cm³/mol. The Kier molecular flexibility index (Phi) is 6.30. The molecule has 0 heterocycles. The zero-order chi connectivity index (χ0) is 15.9. The smallest absolute Gasteiger partial charge is 0.407 e. The Morgan fingerprint density at radius 1 is 1.33 bits per heavy atom. The molecule has 0 radical (unpaired) electrons. The summed E-state index contributed by atoms with van der Waals surface area (Å²) in [6.45, 7) is 6.55. The third-order valence-corrected chi connectivity index (χ3v) is 2.55. The summed E-state index contributed by atoms with van der Waals surface area (Å²) in [4.78, 5) is 11.4. The first-order valence-electron chi connectivity index (χ1n) is 6.79. The molecule has 0 fully saturated rings. The normalized spacial score (nSPS) is 11.0. The Morgan fingerprint density at radius 3 is 2.67 bits per heavy atom. The van der Waals surface area contributed by atoms with E-state index in [0.29, 0.717) is 31.2 Å². The lowest BCUT2D eigenvalue weighted by Crippen LogP contribution is -2.34. The highest BCUT2D eigenvalue weighted by molar-refractivity contribution is 5.67. The molecule has 0 saturated heterocycles. The van der Waals surface area contributed by atoms with E-state index in [9.17, 15) is 4.79 Å². The van der Waals surface area contributed by atoms with Gasteiger partial charge in [-0.3, -0.25) is 0 Å². The van der Waals surface area contributed by atoms with Gasteiger partial charge >= 0.3 is 6.09 Å². The van der Waals surface area contributed by atoms with Gasteiger partial charge in [0.2, 0.25) is 0 Å². The molecule has 0 atom stereocenters. The molecule has 1 aromatic rings. The standard InChI is InChI=1S/C15H24N2O4/c1-15(2,3)21-14(18)17-8-9-20-10-11-6-5-7-12(19-4)13(11)16/h5-7H,8-10,16H2,1-4H3,(H,17,18). The minimum absolute atomic E-state index is 0.360. The fourth-order valence-electron chi connectivity index (χ4n) is 1.61. The van der Waals surface area contributed by atoms with Gasteiger partial charge in [0, 0.05) is 12.1 Å². The van der Waals surface area contributed by atoms with Crippen LogP contribution < -0.4 is 15.8 Å². The first kappa shape index (κ1) is 17.1. The van der Waals surface area contributed by atoms with Crippen molar-refractivity contribution >= 4 is 11.8 Å². The number of nitrogens with two attached hydrogens (primary N) is 1. The average Bonchev–Trinajstić information content (AvgIpc) is 2.38. The molecule has 1 amide bonds. The third-order valence-electron chi connectivity index (χ3n) is 2.55. The molecule has 0 aromatic heterocycles. The van der Waals surface area contributed by atoms with Crippen LogP contribution in [-0.2, 0) is 16.1 Å². The van der Waals surface area contributed by atoms with E-state index < -0.39 is 11.7 Å². The van der Waals surface area contributed by atoms with E-state index in [4.69, 9.17) is 19.9 Å². The van der Waals surface area contributed by atoms with Gasteiger partial charge < -0.3 is 25.3 Å². The zero-order valence-electron chi connectivity index (χ0n) is 13.1. The van der Waals surface area contributed by atoms with E-state index >= 15 is 0 Å². The zero-order valence-corrected chi connectivity index (χ0v) is 13.1. The highest BCUT2D eigenvalue weighted by atomic mass is 16.6. The molecule has 0 bridgehead atoms. The number of nitrogen functional groups attached to an aromatic ring is 1. The molecule has 6 heteroatoms. The van der Waals surface area contributed by atoms with Gasteiger partial charge in [0.1, 0.15) is 11.4 Å². The summed E-state index contributed by atoms with van der Waals surface area (Å²) in [5.74, 6) is 0.628. The predicted octanol–water partition coefficient (Wildman–Crippen LogP) is 2.32. The molecule has 6 nitrogen and oxygen atoms in total.